The first-order valence-electron chi connectivity index (χ1n) is 11.1. The molecule has 2 heterocycles. The standard InChI is InChI=1S/C21H43N5.HI/c1-19-10-17-25(18-11-19)14-8-13-24-21(22-3)23-12-5-7-16-26-15-6-4-9-20(26)2;/h19-20H,4-18H2,1-3H3,(H2,22,23,24);1H. The number of aliphatic imine (C=N–C) groups is 1. The van der Waals surface area contributed by atoms with Crippen LogP contribution in [0.25, 0.3) is 0 Å². The van der Waals surface area contributed by atoms with E-state index in [0.29, 0.717) is 0 Å². The van der Waals surface area contributed by atoms with Crippen molar-refractivity contribution < 1.29 is 0 Å². The molecular formula is C21H44IN5. The van der Waals surface area contributed by atoms with Gasteiger partial charge >= 0.3 is 0 Å². The van der Waals surface area contributed by atoms with Gasteiger partial charge in [0.25, 0.3) is 0 Å². The summed E-state index contributed by atoms with van der Waals surface area (Å²) in [7, 11) is 1.87. The van der Waals surface area contributed by atoms with Gasteiger partial charge in [-0.25, -0.2) is 0 Å². The van der Waals surface area contributed by atoms with E-state index in [-0.39, 0.29) is 24.0 Å². The van der Waals surface area contributed by atoms with Crippen LogP contribution in [0.2, 0.25) is 0 Å². The second-order valence-corrected chi connectivity index (χ2v) is 8.39. The van der Waals surface area contributed by atoms with Crippen molar-refractivity contribution in [1.29, 1.82) is 0 Å². The molecule has 2 aliphatic heterocycles. The lowest BCUT2D eigenvalue weighted by Gasteiger charge is -2.33. The zero-order chi connectivity index (χ0) is 18.6. The van der Waals surface area contributed by atoms with Crippen LogP contribution in [0.1, 0.15) is 65.2 Å². The number of nitrogens with zero attached hydrogens (tertiary/aromatic N) is 3. The third-order valence-corrected chi connectivity index (χ3v) is 6.15. The van der Waals surface area contributed by atoms with Crippen molar-refractivity contribution in [2.45, 2.75) is 71.3 Å². The molecule has 2 aliphatic rings. The summed E-state index contributed by atoms with van der Waals surface area (Å²) in [6, 6.07) is 0.786. The van der Waals surface area contributed by atoms with Crippen LogP contribution < -0.4 is 10.6 Å². The molecule has 2 fully saturated rings. The molecule has 0 amide bonds. The average Bonchev–Trinajstić information content (AvgIpc) is 2.66. The van der Waals surface area contributed by atoms with Crippen molar-refractivity contribution in [1.82, 2.24) is 20.4 Å². The quantitative estimate of drug-likeness (QED) is 0.223. The molecule has 5 nitrogen and oxygen atoms in total. The van der Waals surface area contributed by atoms with Gasteiger partial charge in [0.2, 0.25) is 0 Å². The third kappa shape index (κ3) is 10.3. The Kier molecular flexibility index (Phi) is 13.7. The highest BCUT2D eigenvalue weighted by Gasteiger charge is 2.17. The second-order valence-electron chi connectivity index (χ2n) is 8.39. The van der Waals surface area contributed by atoms with Gasteiger partial charge in [-0.3, -0.25) is 4.99 Å². The van der Waals surface area contributed by atoms with Gasteiger partial charge in [-0.1, -0.05) is 13.3 Å². The normalized spacial score (nSPS) is 23.1. The Labute approximate surface area is 185 Å². The van der Waals surface area contributed by atoms with Crippen molar-refractivity contribution in [3.05, 3.63) is 0 Å². The zero-order valence-electron chi connectivity index (χ0n) is 18.0. The van der Waals surface area contributed by atoms with E-state index in [4.69, 9.17) is 0 Å². The van der Waals surface area contributed by atoms with Crippen LogP contribution in [0.3, 0.4) is 0 Å². The molecule has 160 valence electrons. The van der Waals surface area contributed by atoms with Crippen molar-refractivity contribution in [2.75, 3.05) is 52.9 Å². The van der Waals surface area contributed by atoms with Crippen molar-refractivity contribution in [3.63, 3.8) is 0 Å². The van der Waals surface area contributed by atoms with Gasteiger partial charge in [-0.2, -0.15) is 0 Å². The van der Waals surface area contributed by atoms with Crippen LogP contribution in [0.15, 0.2) is 4.99 Å². The fraction of sp³-hybridized carbons (Fsp3) is 0.952. The van der Waals surface area contributed by atoms with Crippen LogP contribution in [-0.2, 0) is 0 Å². The highest BCUT2D eigenvalue weighted by atomic mass is 127. The maximum Gasteiger partial charge on any atom is 0.190 e. The monoisotopic (exact) mass is 493 g/mol. The van der Waals surface area contributed by atoms with E-state index in [9.17, 15) is 0 Å². The fourth-order valence-corrected chi connectivity index (χ4v) is 4.15. The van der Waals surface area contributed by atoms with Gasteiger partial charge in [0.05, 0.1) is 0 Å². The number of hydrogen-bond acceptors (Lipinski definition) is 3. The SMILES string of the molecule is CN=C(NCCCCN1CCCCC1C)NCCCN1CCC(C)CC1.I. The van der Waals surface area contributed by atoms with Crippen LogP contribution >= 0.6 is 24.0 Å². The molecule has 0 aromatic rings. The Hall–Kier alpha value is -0.0800. The summed E-state index contributed by atoms with van der Waals surface area (Å²) < 4.78 is 0. The van der Waals surface area contributed by atoms with E-state index in [2.05, 4.69) is 39.3 Å². The molecular weight excluding hydrogens is 449 g/mol. The molecule has 27 heavy (non-hydrogen) atoms. The van der Waals surface area contributed by atoms with E-state index < -0.39 is 0 Å². The maximum absolute atomic E-state index is 4.35. The predicted molar refractivity (Wildman–Crippen MR) is 128 cm³/mol. The van der Waals surface area contributed by atoms with Gasteiger partial charge in [-0.05, 0) is 90.5 Å². The molecule has 0 radical (unpaired) electrons. The molecule has 0 spiro atoms. The first-order chi connectivity index (χ1) is 12.7. The smallest absolute Gasteiger partial charge is 0.190 e. The lowest BCUT2D eigenvalue weighted by atomic mass is 9.99. The van der Waals surface area contributed by atoms with Gasteiger partial charge in [0, 0.05) is 26.2 Å². The molecule has 2 rings (SSSR count). The maximum atomic E-state index is 4.35. The lowest BCUT2D eigenvalue weighted by molar-refractivity contribution is 0.158. The minimum Gasteiger partial charge on any atom is -0.356 e. The Balaban J connectivity index is 0.00000364. The Morgan fingerprint density at radius 2 is 1.59 bits per heavy atom. The minimum atomic E-state index is 0. The van der Waals surface area contributed by atoms with Crippen molar-refractivity contribution >= 4 is 29.9 Å². The fourth-order valence-electron chi connectivity index (χ4n) is 4.15. The number of rotatable bonds is 9. The van der Waals surface area contributed by atoms with E-state index >= 15 is 0 Å². The number of piperidine rings is 2. The highest BCUT2D eigenvalue weighted by molar-refractivity contribution is 14.0. The van der Waals surface area contributed by atoms with Gasteiger partial charge < -0.3 is 20.4 Å². The lowest BCUT2D eigenvalue weighted by Crippen LogP contribution is -2.40. The molecule has 0 bridgehead atoms. The van der Waals surface area contributed by atoms with E-state index in [1.807, 2.05) is 7.05 Å². The topological polar surface area (TPSA) is 42.9 Å². The molecule has 6 heteroatoms. The minimum absolute atomic E-state index is 0. The zero-order valence-corrected chi connectivity index (χ0v) is 20.3. The van der Waals surface area contributed by atoms with Crippen LogP contribution in [0.5, 0.6) is 0 Å². The summed E-state index contributed by atoms with van der Waals surface area (Å²) in [5.41, 5.74) is 0. The number of hydrogen-bond donors (Lipinski definition) is 2. The number of likely N-dealkylation sites (tertiary alicyclic amines) is 2. The number of halogens is 1. The van der Waals surface area contributed by atoms with Gasteiger partial charge in [-0.15, -0.1) is 24.0 Å². The highest BCUT2D eigenvalue weighted by Crippen LogP contribution is 2.17. The first kappa shape index (κ1) is 25.0. The largest absolute Gasteiger partial charge is 0.356 e. The van der Waals surface area contributed by atoms with Crippen LogP contribution in [0, 0.1) is 5.92 Å². The Morgan fingerprint density at radius 3 is 2.26 bits per heavy atom. The summed E-state index contributed by atoms with van der Waals surface area (Å²) in [4.78, 5) is 9.63. The van der Waals surface area contributed by atoms with Gasteiger partial charge in [0.15, 0.2) is 5.96 Å². The molecule has 1 atom stereocenters. The molecule has 2 N–H and O–H groups in total. The number of unbranched alkanes of at least 4 members (excludes halogenated alkanes) is 1. The Bertz CT molecular complexity index is 396. The number of guanidine groups is 1. The molecule has 0 aliphatic carbocycles. The molecule has 0 saturated carbocycles. The summed E-state index contributed by atoms with van der Waals surface area (Å²) >= 11 is 0. The molecule has 0 aromatic carbocycles. The van der Waals surface area contributed by atoms with E-state index in [1.165, 1.54) is 84.1 Å². The summed E-state index contributed by atoms with van der Waals surface area (Å²) in [6.07, 6.45) is 10.6. The number of nitrogens with one attached hydrogen (secondary N) is 2. The molecule has 0 aromatic heterocycles. The first-order valence-corrected chi connectivity index (χ1v) is 11.1. The summed E-state index contributed by atoms with van der Waals surface area (Å²) in [6.45, 7) is 13.1. The average molecular weight is 494 g/mol. The van der Waals surface area contributed by atoms with Crippen molar-refractivity contribution in [3.8, 4) is 0 Å². The van der Waals surface area contributed by atoms with E-state index in [0.717, 1.165) is 31.0 Å². The van der Waals surface area contributed by atoms with E-state index in [1.54, 1.807) is 0 Å². The third-order valence-electron chi connectivity index (χ3n) is 6.15. The predicted octanol–water partition coefficient (Wildman–Crippen LogP) is 3.55. The summed E-state index contributed by atoms with van der Waals surface area (Å²) in [5.74, 6) is 1.88. The second kappa shape index (κ2) is 14.9. The molecule has 2 saturated heterocycles. The summed E-state index contributed by atoms with van der Waals surface area (Å²) in [5, 5.41) is 6.94. The van der Waals surface area contributed by atoms with Gasteiger partial charge in [0.1, 0.15) is 0 Å². The van der Waals surface area contributed by atoms with Crippen molar-refractivity contribution in [2.24, 2.45) is 10.9 Å². The van der Waals surface area contributed by atoms with Crippen LogP contribution in [-0.4, -0.2) is 74.7 Å². The Morgan fingerprint density at radius 1 is 0.889 bits per heavy atom. The molecule has 1 unspecified atom stereocenters. The van der Waals surface area contributed by atoms with Crippen LogP contribution in [0.4, 0.5) is 0 Å².